The Morgan fingerprint density at radius 3 is 3.00 bits per heavy atom. The van der Waals surface area contributed by atoms with Gasteiger partial charge in [-0.3, -0.25) is 4.90 Å². The molecule has 106 valence electrons. The Kier molecular flexibility index (Phi) is 5.19. The van der Waals surface area contributed by atoms with Gasteiger partial charge in [-0.05, 0) is 43.0 Å². The normalized spacial score (nSPS) is 19.8. The molecular weight excluding hydrogens is 240 g/mol. The van der Waals surface area contributed by atoms with Crippen LogP contribution in [-0.2, 0) is 13.1 Å². The van der Waals surface area contributed by atoms with Crippen LogP contribution in [0.2, 0.25) is 0 Å². The standard InChI is InChI=1S/C15H24N2O2/c1-19-15-3-2-13(8-14(15)9-16)11-17-6-4-12(10-17)5-7-18/h2-3,8,12,18H,4-7,9-11,16H2,1H3. The van der Waals surface area contributed by atoms with Gasteiger partial charge in [0.05, 0.1) is 7.11 Å². The van der Waals surface area contributed by atoms with Crippen LogP contribution in [-0.4, -0.2) is 36.8 Å². The number of rotatable bonds is 6. The molecule has 2 rings (SSSR count). The highest BCUT2D eigenvalue weighted by atomic mass is 16.5. The largest absolute Gasteiger partial charge is 0.496 e. The van der Waals surface area contributed by atoms with E-state index >= 15 is 0 Å². The van der Waals surface area contributed by atoms with Gasteiger partial charge >= 0.3 is 0 Å². The maximum atomic E-state index is 8.98. The molecule has 19 heavy (non-hydrogen) atoms. The van der Waals surface area contributed by atoms with E-state index in [9.17, 15) is 0 Å². The van der Waals surface area contributed by atoms with Crippen molar-refractivity contribution in [1.82, 2.24) is 4.90 Å². The lowest BCUT2D eigenvalue weighted by atomic mass is 10.1. The Hall–Kier alpha value is -1.10. The lowest BCUT2D eigenvalue weighted by Gasteiger charge is -2.17. The molecule has 1 unspecified atom stereocenters. The summed E-state index contributed by atoms with van der Waals surface area (Å²) in [6.45, 7) is 3.97. The van der Waals surface area contributed by atoms with Crippen LogP contribution in [0.25, 0.3) is 0 Å². The molecule has 1 atom stereocenters. The van der Waals surface area contributed by atoms with Crippen molar-refractivity contribution < 1.29 is 9.84 Å². The SMILES string of the molecule is COc1ccc(CN2CCC(CCO)C2)cc1CN. The average molecular weight is 264 g/mol. The van der Waals surface area contributed by atoms with Gasteiger partial charge in [0.1, 0.15) is 5.75 Å². The second-order valence-electron chi connectivity index (χ2n) is 5.25. The molecule has 1 aliphatic heterocycles. The maximum absolute atomic E-state index is 8.98. The molecule has 4 nitrogen and oxygen atoms in total. The van der Waals surface area contributed by atoms with Crippen molar-refractivity contribution in [2.45, 2.75) is 25.9 Å². The zero-order chi connectivity index (χ0) is 13.7. The van der Waals surface area contributed by atoms with Crippen molar-refractivity contribution >= 4 is 0 Å². The van der Waals surface area contributed by atoms with E-state index in [-0.39, 0.29) is 0 Å². The van der Waals surface area contributed by atoms with E-state index in [0.29, 0.717) is 19.1 Å². The Morgan fingerprint density at radius 2 is 2.32 bits per heavy atom. The van der Waals surface area contributed by atoms with Crippen molar-refractivity contribution in [1.29, 1.82) is 0 Å². The van der Waals surface area contributed by atoms with Crippen LogP contribution in [0.1, 0.15) is 24.0 Å². The molecule has 1 heterocycles. The number of ether oxygens (including phenoxy) is 1. The quantitative estimate of drug-likeness (QED) is 0.814. The van der Waals surface area contributed by atoms with E-state index in [1.165, 1.54) is 12.0 Å². The van der Waals surface area contributed by atoms with Crippen LogP contribution < -0.4 is 10.5 Å². The lowest BCUT2D eigenvalue weighted by Crippen LogP contribution is -2.20. The fourth-order valence-corrected chi connectivity index (χ4v) is 2.82. The summed E-state index contributed by atoms with van der Waals surface area (Å²) in [5, 5.41) is 8.98. The molecule has 4 heteroatoms. The van der Waals surface area contributed by atoms with Crippen molar-refractivity contribution in [2.75, 3.05) is 26.8 Å². The Balaban J connectivity index is 1.96. The number of likely N-dealkylation sites (tertiary alicyclic amines) is 1. The van der Waals surface area contributed by atoms with Gasteiger partial charge in [-0.1, -0.05) is 6.07 Å². The van der Waals surface area contributed by atoms with Gasteiger partial charge in [-0.15, -0.1) is 0 Å². The zero-order valence-electron chi connectivity index (χ0n) is 11.6. The number of benzene rings is 1. The summed E-state index contributed by atoms with van der Waals surface area (Å²) >= 11 is 0. The monoisotopic (exact) mass is 264 g/mol. The third kappa shape index (κ3) is 3.69. The van der Waals surface area contributed by atoms with Gasteiger partial charge in [0.25, 0.3) is 0 Å². The predicted octanol–water partition coefficient (Wildman–Crippen LogP) is 1.36. The Bertz CT molecular complexity index is 409. The van der Waals surface area contributed by atoms with E-state index in [4.69, 9.17) is 15.6 Å². The van der Waals surface area contributed by atoms with E-state index in [0.717, 1.165) is 37.4 Å². The minimum Gasteiger partial charge on any atom is -0.496 e. The van der Waals surface area contributed by atoms with Crippen LogP contribution in [0.4, 0.5) is 0 Å². The van der Waals surface area contributed by atoms with E-state index in [1.54, 1.807) is 7.11 Å². The number of nitrogens with two attached hydrogens (primary N) is 1. The van der Waals surface area contributed by atoms with Crippen LogP contribution in [0.3, 0.4) is 0 Å². The third-order valence-electron chi connectivity index (χ3n) is 3.88. The molecule has 1 fully saturated rings. The molecule has 0 radical (unpaired) electrons. The van der Waals surface area contributed by atoms with Crippen molar-refractivity contribution in [2.24, 2.45) is 11.7 Å². The maximum Gasteiger partial charge on any atom is 0.123 e. The molecule has 0 amide bonds. The number of methoxy groups -OCH3 is 1. The molecule has 0 saturated carbocycles. The lowest BCUT2D eigenvalue weighted by molar-refractivity contribution is 0.249. The summed E-state index contributed by atoms with van der Waals surface area (Å²) in [5.41, 5.74) is 8.09. The number of hydrogen-bond donors (Lipinski definition) is 2. The number of hydrogen-bond acceptors (Lipinski definition) is 4. The van der Waals surface area contributed by atoms with Gasteiger partial charge in [0.15, 0.2) is 0 Å². The third-order valence-corrected chi connectivity index (χ3v) is 3.88. The van der Waals surface area contributed by atoms with Crippen LogP contribution >= 0.6 is 0 Å². The van der Waals surface area contributed by atoms with Gasteiger partial charge in [0, 0.05) is 31.8 Å². The number of nitrogens with zero attached hydrogens (tertiary/aromatic N) is 1. The number of aliphatic hydroxyl groups is 1. The Labute approximate surface area is 115 Å². The fourth-order valence-electron chi connectivity index (χ4n) is 2.82. The summed E-state index contributed by atoms with van der Waals surface area (Å²) in [6, 6.07) is 6.24. The van der Waals surface area contributed by atoms with Crippen LogP contribution in [0.15, 0.2) is 18.2 Å². The van der Waals surface area contributed by atoms with Crippen LogP contribution in [0.5, 0.6) is 5.75 Å². The molecule has 0 aromatic heterocycles. The highest BCUT2D eigenvalue weighted by Crippen LogP contribution is 2.24. The fraction of sp³-hybridized carbons (Fsp3) is 0.600. The summed E-state index contributed by atoms with van der Waals surface area (Å²) in [7, 11) is 1.67. The molecule has 0 bridgehead atoms. The smallest absolute Gasteiger partial charge is 0.123 e. The second-order valence-corrected chi connectivity index (χ2v) is 5.25. The first kappa shape index (κ1) is 14.3. The van der Waals surface area contributed by atoms with Gasteiger partial charge in [-0.2, -0.15) is 0 Å². The van der Waals surface area contributed by atoms with Gasteiger partial charge in [-0.25, -0.2) is 0 Å². The first-order chi connectivity index (χ1) is 9.26. The molecule has 1 aromatic carbocycles. The van der Waals surface area contributed by atoms with E-state index < -0.39 is 0 Å². The van der Waals surface area contributed by atoms with Crippen molar-refractivity contribution in [3.05, 3.63) is 29.3 Å². The van der Waals surface area contributed by atoms with Gasteiger partial charge < -0.3 is 15.6 Å². The molecule has 3 N–H and O–H groups in total. The minimum atomic E-state index is 0.304. The molecule has 0 spiro atoms. The zero-order valence-corrected chi connectivity index (χ0v) is 11.6. The second kappa shape index (κ2) is 6.89. The van der Waals surface area contributed by atoms with Gasteiger partial charge in [0.2, 0.25) is 0 Å². The summed E-state index contributed by atoms with van der Waals surface area (Å²) in [4.78, 5) is 2.45. The first-order valence-electron chi connectivity index (χ1n) is 6.96. The summed E-state index contributed by atoms with van der Waals surface area (Å²) in [5.74, 6) is 1.52. The molecular formula is C15H24N2O2. The molecule has 1 aliphatic rings. The average Bonchev–Trinajstić information content (AvgIpc) is 2.86. The summed E-state index contributed by atoms with van der Waals surface area (Å²) < 4.78 is 5.29. The predicted molar refractivity (Wildman–Crippen MR) is 76.0 cm³/mol. The first-order valence-corrected chi connectivity index (χ1v) is 6.96. The summed E-state index contributed by atoms with van der Waals surface area (Å²) in [6.07, 6.45) is 2.12. The number of aliphatic hydroxyl groups excluding tert-OH is 1. The highest BCUT2D eigenvalue weighted by Gasteiger charge is 2.21. The molecule has 1 aromatic rings. The van der Waals surface area contributed by atoms with Crippen molar-refractivity contribution in [3.63, 3.8) is 0 Å². The molecule has 1 saturated heterocycles. The van der Waals surface area contributed by atoms with E-state index in [1.807, 2.05) is 6.07 Å². The Morgan fingerprint density at radius 1 is 1.47 bits per heavy atom. The van der Waals surface area contributed by atoms with E-state index in [2.05, 4.69) is 17.0 Å². The van der Waals surface area contributed by atoms with Crippen molar-refractivity contribution in [3.8, 4) is 5.75 Å². The molecule has 0 aliphatic carbocycles. The van der Waals surface area contributed by atoms with Crippen LogP contribution in [0, 0.1) is 5.92 Å². The topological polar surface area (TPSA) is 58.7 Å². The highest BCUT2D eigenvalue weighted by molar-refractivity contribution is 5.37. The minimum absolute atomic E-state index is 0.304.